The molecule has 0 aliphatic rings. The Morgan fingerprint density at radius 3 is 0.643 bits per heavy atom. The fourth-order valence-electron chi connectivity index (χ4n) is 5.49. The van der Waals surface area contributed by atoms with Gasteiger partial charge in [0.25, 0.3) is 0 Å². The van der Waals surface area contributed by atoms with Crippen LogP contribution in [0.15, 0.2) is 13.5 Å². The van der Waals surface area contributed by atoms with E-state index < -0.39 is 35.6 Å². The number of nitrogens with zero attached hydrogens (tertiary/aromatic N) is 13. The number of hydrogen-bond acceptors (Lipinski definition) is 5. The first-order valence-electron chi connectivity index (χ1n) is 14.0. The first-order valence-corrected chi connectivity index (χ1v) is 20.8. The van der Waals surface area contributed by atoms with Crippen LogP contribution in [0.2, 0.25) is 0 Å². The summed E-state index contributed by atoms with van der Waals surface area (Å²) in [6.45, 7) is 6.26. The first-order chi connectivity index (χ1) is 18.6. The molecule has 0 aromatic heterocycles. The summed E-state index contributed by atoms with van der Waals surface area (Å²) < 4.78 is 48.0. The van der Waals surface area contributed by atoms with E-state index in [1.54, 1.807) is 0 Å². The molecule has 0 N–H and O–H groups in total. The molecule has 0 bridgehead atoms. The van der Waals surface area contributed by atoms with Crippen LogP contribution >= 0.6 is 30.0 Å². The van der Waals surface area contributed by atoms with Gasteiger partial charge in [0.1, 0.15) is 0 Å². The van der Waals surface area contributed by atoms with Crippen molar-refractivity contribution >= 4 is 30.0 Å². The molecular formula is C24H69N13OP4. The van der Waals surface area contributed by atoms with Crippen molar-refractivity contribution in [1.82, 2.24) is 46.7 Å². The summed E-state index contributed by atoms with van der Waals surface area (Å²) in [4.78, 5) is 0. The molecular weight excluding hydrogens is 610 g/mol. The Kier molecular flexibility index (Phi) is 14.9. The topological polar surface area (TPSA) is 78.7 Å². The molecule has 0 saturated heterocycles. The third-order valence-corrected chi connectivity index (χ3v) is 25.4. The van der Waals surface area contributed by atoms with Crippen LogP contribution in [0.1, 0.15) is 20.8 Å². The zero-order valence-electron chi connectivity index (χ0n) is 31.5. The van der Waals surface area contributed by atoms with E-state index in [1.807, 2.05) is 14.1 Å². The number of rotatable bonds is 14. The summed E-state index contributed by atoms with van der Waals surface area (Å²) in [6, 6.07) is 0. The molecule has 0 rings (SSSR count). The van der Waals surface area contributed by atoms with Gasteiger partial charge >= 0.3 is 262 Å². The summed E-state index contributed by atoms with van der Waals surface area (Å²) in [5.74, 6) is 0. The van der Waals surface area contributed by atoms with Crippen molar-refractivity contribution in [3.8, 4) is 0 Å². The van der Waals surface area contributed by atoms with E-state index in [4.69, 9.17) is 18.1 Å². The summed E-state index contributed by atoms with van der Waals surface area (Å²) in [5, 5.41) is 0. The molecule has 0 aromatic carbocycles. The van der Waals surface area contributed by atoms with E-state index in [-0.39, 0.29) is 0 Å². The van der Waals surface area contributed by atoms with Gasteiger partial charge in [-0.1, -0.05) is 0 Å². The molecule has 0 fully saturated rings. The van der Waals surface area contributed by atoms with Gasteiger partial charge in [0, 0.05) is 0 Å². The standard InChI is InChI=1S/C24H69N13OP4/c1-24(2,3)38-42(37(22)23,25-39(28(4)5,29(6)7)30(8)9,26-40(31(10)11,32(12)13)33(14)15)27-41(34(16)17,35(18)19)36(20)21/h1-23H3. The minimum absolute atomic E-state index is 0.652. The van der Waals surface area contributed by atoms with Crippen LogP contribution < -0.4 is 0 Å². The van der Waals surface area contributed by atoms with Crippen LogP contribution in [-0.2, 0) is 4.52 Å². The Morgan fingerprint density at radius 1 is 0.381 bits per heavy atom. The molecule has 18 heteroatoms. The molecule has 0 spiro atoms. The summed E-state index contributed by atoms with van der Waals surface area (Å²) in [5.41, 5.74) is -0.652. The van der Waals surface area contributed by atoms with Crippen molar-refractivity contribution in [2.24, 2.45) is 13.5 Å². The molecule has 14 nitrogen and oxygen atoms in total. The minimum atomic E-state index is -4.59. The summed E-state index contributed by atoms with van der Waals surface area (Å²) in [7, 11) is 29.2. The van der Waals surface area contributed by atoms with Crippen molar-refractivity contribution in [2.75, 3.05) is 141 Å². The second-order valence-corrected chi connectivity index (χ2v) is 28.7. The predicted octanol–water partition coefficient (Wildman–Crippen LogP) is 5.38. The maximum atomic E-state index is 7.59. The second kappa shape index (κ2) is 14.6. The molecule has 256 valence electrons. The fourth-order valence-corrected chi connectivity index (χ4v) is 27.6. The fraction of sp³-hybridized carbons (Fsp3) is 1.00. The van der Waals surface area contributed by atoms with Gasteiger partial charge in [-0.3, -0.25) is 0 Å². The average molecular weight is 680 g/mol. The van der Waals surface area contributed by atoms with Gasteiger partial charge in [-0.15, -0.1) is 0 Å². The molecule has 42 heavy (non-hydrogen) atoms. The van der Waals surface area contributed by atoms with Crippen molar-refractivity contribution in [3.05, 3.63) is 0 Å². The normalized spacial score (nSPS) is 15.9. The van der Waals surface area contributed by atoms with Crippen LogP contribution in [0.3, 0.4) is 0 Å². The zero-order valence-corrected chi connectivity index (χ0v) is 35.1. The first kappa shape index (κ1) is 42.7. The van der Waals surface area contributed by atoms with E-state index in [0.717, 1.165) is 0 Å². The van der Waals surface area contributed by atoms with Crippen molar-refractivity contribution in [3.63, 3.8) is 0 Å². The van der Waals surface area contributed by atoms with Gasteiger partial charge in [0.15, 0.2) is 0 Å². The molecule has 0 unspecified atom stereocenters. The quantitative estimate of drug-likeness (QED) is 0.222. The zero-order chi connectivity index (χ0) is 34.0. The molecule has 0 aliphatic carbocycles. The molecule has 0 saturated carbocycles. The Bertz CT molecular complexity index is 865. The van der Waals surface area contributed by atoms with Crippen LogP contribution in [0.25, 0.3) is 0 Å². The van der Waals surface area contributed by atoms with Crippen LogP contribution in [-0.4, -0.2) is 193 Å². The molecule has 0 atom stereocenters. The molecule has 0 amide bonds. The Hall–Kier alpha value is 0.680. The van der Waals surface area contributed by atoms with Crippen molar-refractivity contribution in [2.45, 2.75) is 26.4 Å². The van der Waals surface area contributed by atoms with Gasteiger partial charge in [-0.05, 0) is 0 Å². The Balaban J connectivity index is 10.1. The van der Waals surface area contributed by atoms with Crippen molar-refractivity contribution in [1.29, 1.82) is 0 Å². The second-order valence-electron chi connectivity index (χ2n) is 13.4. The van der Waals surface area contributed by atoms with E-state index >= 15 is 0 Å². The Morgan fingerprint density at radius 2 is 0.548 bits per heavy atom. The van der Waals surface area contributed by atoms with E-state index in [1.165, 1.54) is 0 Å². The van der Waals surface area contributed by atoms with Gasteiger partial charge < -0.3 is 0 Å². The number of hydrogen-bond donors (Lipinski definition) is 0. The van der Waals surface area contributed by atoms with Crippen LogP contribution in [0, 0.1) is 0 Å². The van der Waals surface area contributed by atoms with Crippen molar-refractivity contribution < 1.29 is 4.52 Å². The third-order valence-electron chi connectivity index (χ3n) is 6.80. The average Bonchev–Trinajstić information content (AvgIpc) is 2.76. The monoisotopic (exact) mass is 679 g/mol. The molecule has 0 heterocycles. The van der Waals surface area contributed by atoms with Crippen LogP contribution in [0.5, 0.6) is 0 Å². The van der Waals surface area contributed by atoms with Gasteiger partial charge in [-0.2, -0.15) is 0 Å². The van der Waals surface area contributed by atoms with E-state index in [2.05, 4.69) is 194 Å². The van der Waals surface area contributed by atoms with Gasteiger partial charge in [0.05, 0.1) is 0 Å². The Labute approximate surface area is 261 Å². The van der Waals surface area contributed by atoms with Gasteiger partial charge in [0.2, 0.25) is 0 Å². The summed E-state index contributed by atoms with van der Waals surface area (Å²) in [6.07, 6.45) is 0. The van der Waals surface area contributed by atoms with Crippen LogP contribution in [0.4, 0.5) is 0 Å². The molecule has 0 radical (unpaired) electrons. The van der Waals surface area contributed by atoms with E-state index in [9.17, 15) is 0 Å². The van der Waals surface area contributed by atoms with Gasteiger partial charge in [-0.25, -0.2) is 0 Å². The summed E-state index contributed by atoms with van der Waals surface area (Å²) >= 11 is 0. The maximum absolute atomic E-state index is 7.59. The third kappa shape index (κ3) is 7.79. The molecule has 0 aromatic rings. The molecule has 0 aliphatic heterocycles. The predicted molar refractivity (Wildman–Crippen MR) is 193 cm³/mol. The van der Waals surface area contributed by atoms with E-state index in [0.29, 0.717) is 0 Å². The SMILES string of the molecule is CN(C)P(=NP(N=P(N(C)C)(N(C)C)N(C)C)(N=P(N(C)C)(N(C)C)N(C)C)(OC(C)(C)C)N(C)C)(N(C)C)N(C)C.